The van der Waals surface area contributed by atoms with E-state index in [1.807, 2.05) is 0 Å². The van der Waals surface area contributed by atoms with Crippen molar-refractivity contribution in [3.05, 3.63) is 0 Å². The number of hydrogen-bond acceptors (Lipinski definition) is 3. The number of ether oxygens (including phenoxy) is 1. The lowest BCUT2D eigenvalue weighted by Crippen LogP contribution is -2.40. The largest absolute Gasteiger partial charge is 0.479 e. The van der Waals surface area contributed by atoms with E-state index in [2.05, 4.69) is 18.7 Å². The molecule has 1 aliphatic carbocycles. The highest BCUT2D eigenvalue weighted by Gasteiger charge is 2.33. The maximum atomic E-state index is 11.0. The Morgan fingerprint density at radius 2 is 1.95 bits per heavy atom. The highest BCUT2D eigenvalue weighted by Crippen LogP contribution is 2.27. The van der Waals surface area contributed by atoms with Crippen LogP contribution in [0.4, 0.5) is 0 Å². The molecule has 2 atom stereocenters. The molecule has 1 aliphatic heterocycles. The van der Waals surface area contributed by atoms with Crippen molar-refractivity contribution in [3.8, 4) is 0 Å². The number of rotatable bonds is 7. The van der Waals surface area contributed by atoms with E-state index >= 15 is 0 Å². The summed E-state index contributed by atoms with van der Waals surface area (Å²) in [5, 5.41) is 9.01. The zero-order valence-electron chi connectivity index (χ0n) is 12.9. The zero-order valence-corrected chi connectivity index (χ0v) is 12.9. The molecule has 4 nitrogen and oxygen atoms in total. The van der Waals surface area contributed by atoms with Crippen LogP contribution in [0.25, 0.3) is 0 Å². The molecule has 116 valence electrons. The lowest BCUT2D eigenvalue weighted by Gasteiger charge is -2.31. The Hall–Kier alpha value is -0.610. The molecular weight excluding hydrogens is 254 g/mol. The van der Waals surface area contributed by atoms with Crippen molar-refractivity contribution in [3.63, 3.8) is 0 Å². The van der Waals surface area contributed by atoms with Crippen LogP contribution in [0.3, 0.4) is 0 Å². The van der Waals surface area contributed by atoms with E-state index in [1.165, 1.54) is 32.1 Å². The summed E-state index contributed by atoms with van der Waals surface area (Å²) in [6.45, 7) is 6.57. The minimum absolute atomic E-state index is 0.115. The second-order valence-electron chi connectivity index (χ2n) is 6.78. The van der Waals surface area contributed by atoms with E-state index in [4.69, 9.17) is 9.84 Å². The van der Waals surface area contributed by atoms with Crippen molar-refractivity contribution in [2.24, 2.45) is 5.92 Å². The molecule has 0 amide bonds. The summed E-state index contributed by atoms with van der Waals surface area (Å²) in [5.74, 6) is -0.0859. The molecule has 2 fully saturated rings. The van der Waals surface area contributed by atoms with E-state index in [1.54, 1.807) is 0 Å². The normalized spacial score (nSPS) is 27.8. The number of carboxylic acids is 1. The molecule has 0 aromatic carbocycles. The number of hydrogen-bond donors (Lipinski definition) is 1. The Bertz CT molecular complexity index is 313. The van der Waals surface area contributed by atoms with Crippen molar-refractivity contribution >= 4 is 5.97 Å². The fraction of sp³-hybridized carbons (Fsp3) is 0.938. The van der Waals surface area contributed by atoms with E-state index in [-0.39, 0.29) is 6.10 Å². The smallest absolute Gasteiger partial charge is 0.332 e. The van der Waals surface area contributed by atoms with Gasteiger partial charge in [0, 0.05) is 12.6 Å². The summed E-state index contributed by atoms with van der Waals surface area (Å²) in [5.41, 5.74) is 0. The number of carboxylic acid groups (broad SMARTS) is 1. The molecule has 1 saturated carbocycles. The molecule has 2 aliphatic rings. The minimum Gasteiger partial charge on any atom is -0.479 e. The third-order valence-electron chi connectivity index (χ3n) is 4.66. The summed E-state index contributed by atoms with van der Waals surface area (Å²) in [7, 11) is 0. The van der Waals surface area contributed by atoms with Crippen LogP contribution in [0.2, 0.25) is 0 Å². The highest BCUT2D eigenvalue weighted by atomic mass is 16.5. The summed E-state index contributed by atoms with van der Waals surface area (Å²) in [4.78, 5) is 13.5. The molecule has 1 saturated heterocycles. The minimum atomic E-state index is -0.804. The van der Waals surface area contributed by atoms with Crippen LogP contribution in [0, 0.1) is 5.92 Å². The highest BCUT2D eigenvalue weighted by molar-refractivity contribution is 5.72. The predicted octanol–water partition coefficient (Wildman–Crippen LogP) is 2.91. The van der Waals surface area contributed by atoms with Crippen LogP contribution in [0.5, 0.6) is 0 Å². The molecule has 2 rings (SSSR count). The number of aliphatic carboxylic acids is 1. The topological polar surface area (TPSA) is 49.8 Å². The average Bonchev–Trinajstić information content (AvgIpc) is 3.05. The van der Waals surface area contributed by atoms with Gasteiger partial charge in [0.25, 0.3) is 0 Å². The first-order chi connectivity index (χ1) is 9.56. The van der Waals surface area contributed by atoms with Gasteiger partial charge in [0.1, 0.15) is 0 Å². The van der Waals surface area contributed by atoms with Crippen LogP contribution in [0.15, 0.2) is 0 Å². The Morgan fingerprint density at radius 1 is 1.25 bits per heavy atom. The molecule has 0 radical (unpaired) electrons. The summed E-state index contributed by atoms with van der Waals surface area (Å²) in [6.07, 6.45) is 7.59. The molecule has 1 N–H and O–H groups in total. The van der Waals surface area contributed by atoms with Crippen molar-refractivity contribution in [2.45, 2.75) is 77.0 Å². The van der Waals surface area contributed by atoms with Crippen molar-refractivity contribution in [1.82, 2.24) is 4.90 Å². The van der Waals surface area contributed by atoms with Gasteiger partial charge in [0.2, 0.25) is 0 Å². The zero-order chi connectivity index (χ0) is 14.5. The Morgan fingerprint density at radius 3 is 2.50 bits per heavy atom. The molecular formula is C16H29NO3. The maximum Gasteiger partial charge on any atom is 0.332 e. The van der Waals surface area contributed by atoms with Gasteiger partial charge >= 0.3 is 5.97 Å². The summed E-state index contributed by atoms with van der Waals surface area (Å²) >= 11 is 0. The number of carbonyl (C=O) groups is 1. The first kappa shape index (κ1) is 15.8. The van der Waals surface area contributed by atoms with E-state index < -0.39 is 12.1 Å². The lowest BCUT2D eigenvalue weighted by atomic mass is 10.1. The molecule has 4 heteroatoms. The fourth-order valence-corrected chi connectivity index (χ4v) is 3.40. The molecule has 1 heterocycles. The fourth-order valence-electron chi connectivity index (χ4n) is 3.40. The summed E-state index contributed by atoms with van der Waals surface area (Å²) < 4.78 is 5.68. The second kappa shape index (κ2) is 7.41. The molecule has 2 unspecified atom stereocenters. The van der Waals surface area contributed by atoms with Crippen LogP contribution < -0.4 is 0 Å². The molecule has 20 heavy (non-hydrogen) atoms. The van der Waals surface area contributed by atoms with Crippen LogP contribution in [-0.4, -0.2) is 47.3 Å². The van der Waals surface area contributed by atoms with Gasteiger partial charge in [0.05, 0.1) is 6.10 Å². The van der Waals surface area contributed by atoms with Crippen molar-refractivity contribution in [2.75, 3.05) is 13.1 Å². The third kappa shape index (κ3) is 4.45. The first-order valence-corrected chi connectivity index (χ1v) is 8.18. The Labute approximate surface area is 122 Å². The molecule has 0 spiro atoms. The second-order valence-corrected chi connectivity index (χ2v) is 6.78. The van der Waals surface area contributed by atoms with Crippen LogP contribution in [0.1, 0.15) is 58.8 Å². The lowest BCUT2D eigenvalue weighted by molar-refractivity contribution is -0.149. The van der Waals surface area contributed by atoms with Gasteiger partial charge in [0.15, 0.2) is 6.10 Å². The number of nitrogens with zero attached hydrogens (tertiary/aromatic N) is 1. The predicted molar refractivity (Wildman–Crippen MR) is 78.8 cm³/mol. The van der Waals surface area contributed by atoms with Gasteiger partial charge < -0.3 is 9.84 Å². The van der Waals surface area contributed by atoms with E-state index in [0.717, 1.165) is 25.4 Å². The SMILES string of the molecule is CC(C)CCN(CC1CCC(C(=O)O)O1)C1CCCC1. The van der Waals surface area contributed by atoms with Gasteiger partial charge in [-0.3, -0.25) is 4.90 Å². The molecule has 0 aromatic rings. The van der Waals surface area contributed by atoms with Crippen molar-refractivity contribution in [1.29, 1.82) is 0 Å². The van der Waals surface area contributed by atoms with Crippen LogP contribution in [-0.2, 0) is 9.53 Å². The molecule has 0 bridgehead atoms. The monoisotopic (exact) mass is 283 g/mol. The standard InChI is InChI=1S/C16H29NO3/c1-12(2)9-10-17(13-5-3-4-6-13)11-14-7-8-15(20-14)16(18)19/h12-15H,3-11H2,1-2H3,(H,18,19). The Balaban J connectivity index is 1.85. The quantitative estimate of drug-likeness (QED) is 0.780. The third-order valence-corrected chi connectivity index (χ3v) is 4.66. The van der Waals surface area contributed by atoms with Gasteiger partial charge in [-0.1, -0.05) is 26.7 Å². The van der Waals surface area contributed by atoms with Gasteiger partial charge in [-0.05, 0) is 44.6 Å². The van der Waals surface area contributed by atoms with Crippen LogP contribution >= 0.6 is 0 Å². The maximum absolute atomic E-state index is 11.0. The Kier molecular flexibility index (Phi) is 5.85. The van der Waals surface area contributed by atoms with Gasteiger partial charge in [-0.15, -0.1) is 0 Å². The van der Waals surface area contributed by atoms with E-state index in [0.29, 0.717) is 12.5 Å². The van der Waals surface area contributed by atoms with Gasteiger partial charge in [-0.2, -0.15) is 0 Å². The first-order valence-electron chi connectivity index (χ1n) is 8.18. The van der Waals surface area contributed by atoms with Crippen molar-refractivity contribution < 1.29 is 14.6 Å². The van der Waals surface area contributed by atoms with Gasteiger partial charge in [-0.25, -0.2) is 4.79 Å². The molecule has 0 aromatic heterocycles. The average molecular weight is 283 g/mol. The summed E-state index contributed by atoms with van der Waals surface area (Å²) in [6, 6.07) is 0.696. The van der Waals surface area contributed by atoms with E-state index in [9.17, 15) is 4.79 Å².